The number of benzene rings is 1. The third kappa shape index (κ3) is 4.92. The normalized spacial score (nSPS) is 13.4. The van der Waals surface area contributed by atoms with Crippen molar-refractivity contribution in [2.75, 3.05) is 6.61 Å². The van der Waals surface area contributed by atoms with Crippen LogP contribution in [0.25, 0.3) is 11.3 Å². The summed E-state index contributed by atoms with van der Waals surface area (Å²) in [5.74, 6) is 0.946. The van der Waals surface area contributed by atoms with Crippen LogP contribution in [0.2, 0.25) is 13.3 Å². The van der Waals surface area contributed by atoms with Gasteiger partial charge in [-0.3, -0.25) is 0 Å². The van der Waals surface area contributed by atoms with Gasteiger partial charge in [0.2, 0.25) is 0 Å². The standard InChI is InChI=1S/C13H10NO.3C4H9.Sn/c1-2-4-10(5-3-1)12-7-6-11-8-9-15-13(11)14-12;3*1-3-4-2;/h1-5,7H,8-9H2;3*1,3-4H2,2H3;. The van der Waals surface area contributed by atoms with Crippen LogP contribution in [-0.4, -0.2) is 30.0 Å². The number of rotatable bonds is 11. The third-order valence-electron chi connectivity index (χ3n) is 6.34. The molecule has 1 aromatic carbocycles. The molecule has 0 aliphatic carbocycles. The van der Waals surface area contributed by atoms with Crippen LogP contribution in [0.4, 0.5) is 0 Å². The minimum absolute atomic E-state index is 0.810. The summed E-state index contributed by atoms with van der Waals surface area (Å²) in [5.41, 5.74) is 3.84. The SMILES string of the molecule is CCC[CH2][Sn]([CH2]CCC)([CH2]CCC)[c]1cc(-c2ccccc2)nc2c1CCO2. The summed E-state index contributed by atoms with van der Waals surface area (Å²) in [6, 6.07) is 13.2. The summed E-state index contributed by atoms with van der Waals surface area (Å²) in [7, 11) is 0. The second kappa shape index (κ2) is 10.7. The summed E-state index contributed by atoms with van der Waals surface area (Å²) >= 11 is -2.52. The van der Waals surface area contributed by atoms with E-state index in [9.17, 15) is 0 Å². The van der Waals surface area contributed by atoms with Crippen molar-refractivity contribution in [3.05, 3.63) is 42.0 Å². The molecule has 0 unspecified atom stereocenters. The first kappa shape index (κ1) is 21.7. The fourth-order valence-corrected chi connectivity index (χ4v) is 21.7. The number of unbranched alkanes of at least 4 members (excludes halogenated alkanes) is 3. The molecule has 0 saturated carbocycles. The molecule has 1 aromatic heterocycles. The van der Waals surface area contributed by atoms with Gasteiger partial charge in [-0.05, 0) is 0 Å². The molecule has 3 heteroatoms. The van der Waals surface area contributed by atoms with Crippen LogP contribution in [0, 0.1) is 0 Å². The Bertz CT molecular complexity index is 722. The molecule has 2 nitrogen and oxygen atoms in total. The average Bonchev–Trinajstić information content (AvgIpc) is 3.22. The molecule has 0 bridgehead atoms. The summed E-state index contributed by atoms with van der Waals surface area (Å²) in [6.45, 7) is 7.87. The Labute approximate surface area is 176 Å². The molecule has 0 saturated heterocycles. The van der Waals surface area contributed by atoms with Gasteiger partial charge in [0, 0.05) is 0 Å². The van der Waals surface area contributed by atoms with Crippen molar-refractivity contribution in [1.82, 2.24) is 4.98 Å². The van der Waals surface area contributed by atoms with E-state index in [2.05, 4.69) is 57.2 Å². The first-order valence-electron chi connectivity index (χ1n) is 11.5. The first-order valence-corrected chi connectivity index (χ1v) is 18.9. The van der Waals surface area contributed by atoms with Gasteiger partial charge in [0.25, 0.3) is 0 Å². The topological polar surface area (TPSA) is 22.1 Å². The van der Waals surface area contributed by atoms with E-state index >= 15 is 0 Å². The van der Waals surface area contributed by atoms with E-state index in [1.807, 2.05) is 0 Å². The molecule has 0 amide bonds. The van der Waals surface area contributed by atoms with Gasteiger partial charge in [0.1, 0.15) is 0 Å². The van der Waals surface area contributed by atoms with Crippen molar-refractivity contribution >= 4 is 22.0 Å². The molecule has 2 heterocycles. The Morgan fingerprint density at radius 3 is 2.07 bits per heavy atom. The van der Waals surface area contributed by atoms with Gasteiger partial charge >= 0.3 is 176 Å². The van der Waals surface area contributed by atoms with E-state index in [1.54, 1.807) is 3.58 Å². The van der Waals surface area contributed by atoms with Gasteiger partial charge in [-0.2, -0.15) is 0 Å². The zero-order valence-electron chi connectivity index (χ0n) is 18.1. The van der Waals surface area contributed by atoms with Crippen LogP contribution >= 0.6 is 0 Å². The number of hydrogen-bond acceptors (Lipinski definition) is 2. The fourth-order valence-electron chi connectivity index (χ4n) is 4.71. The van der Waals surface area contributed by atoms with Gasteiger partial charge in [0.15, 0.2) is 0 Å². The molecule has 3 rings (SSSR count). The molecule has 1 aliphatic rings. The number of aromatic nitrogens is 1. The Morgan fingerprint density at radius 2 is 1.50 bits per heavy atom. The van der Waals surface area contributed by atoms with Crippen molar-refractivity contribution < 1.29 is 4.74 Å². The zero-order chi connectivity index (χ0) is 19.8. The Hall–Kier alpha value is -1.03. The fraction of sp³-hybridized carbons (Fsp3) is 0.560. The van der Waals surface area contributed by atoms with Crippen LogP contribution in [0.5, 0.6) is 5.88 Å². The van der Waals surface area contributed by atoms with E-state index in [0.29, 0.717) is 0 Å². The van der Waals surface area contributed by atoms with Crippen molar-refractivity contribution in [3.8, 4) is 17.1 Å². The number of fused-ring (bicyclic) bond motifs is 1. The number of hydrogen-bond donors (Lipinski definition) is 0. The minimum atomic E-state index is -2.52. The Kier molecular flexibility index (Phi) is 8.25. The van der Waals surface area contributed by atoms with Gasteiger partial charge in [-0.25, -0.2) is 0 Å². The van der Waals surface area contributed by atoms with Crippen LogP contribution in [0.15, 0.2) is 36.4 Å². The molecular weight excluding hydrogens is 449 g/mol. The molecule has 0 radical (unpaired) electrons. The second-order valence-corrected chi connectivity index (χ2v) is 21.5. The maximum absolute atomic E-state index is 6.03. The number of nitrogens with zero attached hydrogens (tertiary/aromatic N) is 1. The predicted octanol–water partition coefficient (Wildman–Crippen LogP) is 6.74. The Balaban J connectivity index is 2.12. The van der Waals surface area contributed by atoms with Gasteiger partial charge in [-0.1, -0.05) is 0 Å². The molecule has 0 spiro atoms. The van der Waals surface area contributed by atoms with E-state index in [1.165, 1.54) is 63.0 Å². The van der Waals surface area contributed by atoms with Crippen LogP contribution in [0.1, 0.15) is 64.9 Å². The first-order chi connectivity index (χ1) is 13.7. The number of ether oxygens (including phenoxy) is 1. The number of pyridine rings is 1. The average molecular weight is 486 g/mol. The van der Waals surface area contributed by atoms with Crippen molar-refractivity contribution in [1.29, 1.82) is 0 Å². The predicted molar refractivity (Wildman–Crippen MR) is 123 cm³/mol. The molecule has 1 aliphatic heterocycles. The zero-order valence-corrected chi connectivity index (χ0v) is 21.0. The van der Waals surface area contributed by atoms with E-state index < -0.39 is 18.4 Å². The third-order valence-corrected chi connectivity index (χ3v) is 22.1. The molecule has 0 N–H and O–H groups in total. The van der Waals surface area contributed by atoms with Gasteiger partial charge in [0.05, 0.1) is 0 Å². The van der Waals surface area contributed by atoms with E-state index in [4.69, 9.17) is 9.72 Å². The van der Waals surface area contributed by atoms with Gasteiger partial charge < -0.3 is 0 Å². The summed E-state index contributed by atoms with van der Waals surface area (Å²) < 4.78 is 12.3. The molecule has 28 heavy (non-hydrogen) atoms. The van der Waals surface area contributed by atoms with Crippen LogP contribution in [0.3, 0.4) is 0 Å². The van der Waals surface area contributed by atoms with Crippen LogP contribution in [-0.2, 0) is 6.42 Å². The van der Waals surface area contributed by atoms with Crippen molar-refractivity contribution in [2.24, 2.45) is 0 Å². The van der Waals surface area contributed by atoms with Gasteiger partial charge in [-0.15, -0.1) is 0 Å². The molecule has 2 aromatic rings. The Morgan fingerprint density at radius 1 is 0.893 bits per heavy atom. The summed E-state index contributed by atoms with van der Waals surface area (Å²) in [5, 5.41) is 0. The summed E-state index contributed by atoms with van der Waals surface area (Å²) in [4.78, 5) is 4.95. The molecule has 152 valence electrons. The van der Waals surface area contributed by atoms with Crippen LogP contribution < -0.4 is 8.32 Å². The maximum atomic E-state index is 6.03. The second-order valence-electron chi connectivity index (χ2n) is 8.39. The van der Waals surface area contributed by atoms with Crippen molar-refractivity contribution in [2.45, 2.75) is 79.0 Å². The van der Waals surface area contributed by atoms with E-state index in [0.717, 1.165) is 24.6 Å². The molecule has 0 atom stereocenters. The van der Waals surface area contributed by atoms with E-state index in [-0.39, 0.29) is 0 Å². The van der Waals surface area contributed by atoms with Crippen molar-refractivity contribution in [3.63, 3.8) is 0 Å². The molecule has 0 fully saturated rings. The summed E-state index contributed by atoms with van der Waals surface area (Å²) in [6.07, 6.45) is 9.17. The quantitative estimate of drug-likeness (QED) is 0.329. The molecular formula is C25H37NOSn. The monoisotopic (exact) mass is 487 g/mol.